The van der Waals surface area contributed by atoms with Crippen LogP contribution in [0.5, 0.6) is 0 Å². The lowest BCUT2D eigenvalue weighted by atomic mass is 10.1. The molecule has 1 aromatic carbocycles. The maximum atomic E-state index is 12.6. The molecule has 0 aliphatic carbocycles. The van der Waals surface area contributed by atoms with Gasteiger partial charge in [-0.15, -0.1) is 0 Å². The molecule has 0 atom stereocenters. The first kappa shape index (κ1) is 13.0. The van der Waals surface area contributed by atoms with Crippen LogP contribution in [0.3, 0.4) is 0 Å². The minimum atomic E-state index is -0.878. The molecule has 1 aromatic rings. The molecule has 0 aromatic heterocycles. The van der Waals surface area contributed by atoms with Crippen LogP contribution < -0.4 is 0 Å². The number of hydrogen-bond acceptors (Lipinski definition) is 0. The minimum absolute atomic E-state index is 0.0635. The summed E-state index contributed by atoms with van der Waals surface area (Å²) in [4.78, 5) is 0. The monoisotopic (exact) mass is 204 g/mol. The van der Waals surface area contributed by atoms with Gasteiger partial charge in [-0.05, 0) is 6.42 Å². The predicted molar refractivity (Wildman–Crippen MR) is 51.7 cm³/mol. The van der Waals surface area contributed by atoms with Gasteiger partial charge in [-0.2, -0.15) is 0 Å². The van der Waals surface area contributed by atoms with Crippen LogP contribution in [-0.2, 0) is 6.42 Å². The molecule has 0 heterocycles. The molecular weight excluding hydrogens is 189 g/mol. The Morgan fingerprint density at radius 2 is 1.29 bits per heavy atom. The van der Waals surface area contributed by atoms with E-state index in [1.54, 1.807) is 6.92 Å². The van der Waals surface area contributed by atoms with Gasteiger partial charge < -0.3 is 0 Å². The molecule has 0 saturated heterocycles. The quantitative estimate of drug-likeness (QED) is 0.646. The summed E-state index contributed by atoms with van der Waals surface area (Å²) in [6, 6.07) is 1.36. The summed E-state index contributed by atoms with van der Waals surface area (Å²) in [7, 11) is 0. The van der Waals surface area contributed by atoms with E-state index in [0.717, 1.165) is 0 Å². The summed E-state index contributed by atoms with van der Waals surface area (Å²) in [6.07, 6.45) is 1.48. The Balaban J connectivity index is 0.000000500. The molecule has 0 nitrogen and oxygen atoms in total. The van der Waals surface area contributed by atoms with Crippen molar-refractivity contribution in [1.82, 2.24) is 0 Å². The summed E-state index contributed by atoms with van der Waals surface area (Å²) in [5, 5.41) is 0. The van der Waals surface area contributed by atoms with Crippen molar-refractivity contribution in [3.8, 4) is 0 Å². The second-order valence-corrected chi connectivity index (χ2v) is 2.91. The van der Waals surface area contributed by atoms with Crippen molar-refractivity contribution in [1.29, 1.82) is 0 Å². The van der Waals surface area contributed by atoms with Crippen LogP contribution in [0, 0.1) is 17.5 Å². The van der Waals surface area contributed by atoms with E-state index in [1.807, 2.05) is 0 Å². The highest BCUT2D eigenvalue weighted by atomic mass is 19.1. The van der Waals surface area contributed by atoms with Gasteiger partial charge in [-0.25, -0.2) is 13.2 Å². The molecule has 14 heavy (non-hydrogen) atoms. The van der Waals surface area contributed by atoms with E-state index >= 15 is 0 Å². The largest absolute Gasteiger partial charge is 0.207 e. The molecule has 0 saturated carbocycles. The highest BCUT2D eigenvalue weighted by Gasteiger charge is 2.08. The van der Waals surface area contributed by atoms with Gasteiger partial charge in [0.1, 0.15) is 17.5 Å². The van der Waals surface area contributed by atoms with Crippen LogP contribution in [0.2, 0.25) is 0 Å². The molecule has 0 aliphatic heterocycles. The smallest absolute Gasteiger partial charge is 0.132 e. The molecule has 0 N–H and O–H groups in total. The van der Waals surface area contributed by atoms with Crippen molar-refractivity contribution in [3.63, 3.8) is 0 Å². The van der Waals surface area contributed by atoms with E-state index in [9.17, 15) is 13.2 Å². The summed E-state index contributed by atoms with van der Waals surface area (Å²) >= 11 is 0. The predicted octanol–water partition coefficient (Wildman–Crippen LogP) is 4.08. The summed E-state index contributed by atoms with van der Waals surface area (Å²) in [5.74, 6) is -2.51. The lowest BCUT2D eigenvalue weighted by Crippen LogP contribution is -1.94. The van der Waals surface area contributed by atoms with Crippen molar-refractivity contribution < 1.29 is 13.2 Å². The summed E-state index contributed by atoms with van der Waals surface area (Å²) in [5.41, 5.74) is -0.0635. The average molecular weight is 204 g/mol. The fourth-order valence-electron chi connectivity index (χ4n) is 0.910. The number of halogens is 3. The van der Waals surface area contributed by atoms with Gasteiger partial charge >= 0.3 is 0 Å². The molecule has 0 spiro atoms. The molecule has 0 fully saturated rings. The maximum absolute atomic E-state index is 12.6. The topological polar surface area (TPSA) is 0 Å². The number of benzene rings is 1. The zero-order chi connectivity index (χ0) is 11.1. The van der Waals surface area contributed by atoms with Gasteiger partial charge in [0.15, 0.2) is 0 Å². The van der Waals surface area contributed by atoms with Crippen LogP contribution >= 0.6 is 0 Å². The number of hydrogen-bond donors (Lipinski definition) is 0. The number of rotatable bonds is 1. The molecule has 1 rings (SSSR count). The van der Waals surface area contributed by atoms with Crippen molar-refractivity contribution in [2.75, 3.05) is 0 Å². The van der Waals surface area contributed by atoms with E-state index in [0.29, 0.717) is 12.1 Å². The highest BCUT2D eigenvalue weighted by Crippen LogP contribution is 2.14. The van der Waals surface area contributed by atoms with Crippen LogP contribution in [0.25, 0.3) is 0 Å². The average Bonchev–Trinajstić information content (AvgIpc) is 2.04. The first-order valence-electron chi connectivity index (χ1n) is 4.70. The van der Waals surface area contributed by atoms with Crippen molar-refractivity contribution in [2.45, 2.75) is 33.6 Å². The molecule has 0 aliphatic rings. The Morgan fingerprint density at radius 3 is 1.57 bits per heavy atom. The Morgan fingerprint density at radius 1 is 0.929 bits per heavy atom. The van der Waals surface area contributed by atoms with Crippen molar-refractivity contribution in [3.05, 3.63) is 35.1 Å². The van der Waals surface area contributed by atoms with E-state index in [4.69, 9.17) is 0 Å². The third kappa shape index (κ3) is 3.81. The third-order valence-electron chi connectivity index (χ3n) is 1.46. The van der Waals surface area contributed by atoms with E-state index < -0.39 is 17.5 Å². The SMILES string of the molecule is CCC.CCc1c(F)cc(F)cc1F. The zero-order valence-corrected chi connectivity index (χ0v) is 8.70. The Kier molecular flexibility index (Phi) is 6.00. The van der Waals surface area contributed by atoms with Gasteiger partial charge in [0.2, 0.25) is 0 Å². The molecular formula is C11H15F3. The van der Waals surface area contributed by atoms with E-state index in [-0.39, 0.29) is 12.0 Å². The van der Waals surface area contributed by atoms with Gasteiger partial charge in [0, 0.05) is 17.7 Å². The fraction of sp³-hybridized carbons (Fsp3) is 0.455. The van der Waals surface area contributed by atoms with Crippen LogP contribution in [-0.4, -0.2) is 0 Å². The van der Waals surface area contributed by atoms with E-state index in [1.165, 1.54) is 6.42 Å². The Labute approximate surface area is 82.8 Å². The van der Waals surface area contributed by atoms with Crippen molar-refractivity contribution >= 4 is 0 Å². The molecule has 80 valence electrons. The second kappa shape index (κ2) is 6.46. The van der Waals surface area contributed by atoms with Crippen LogP contribution in [0.15, 0.2) is 12.1 Å². The van der Waals surface area contributed by atoms with Gasteiger partial charge in [-0.3, -0.25) is 0 Å². The standard InChI is InChI=1S/C8H7F3.C3H8/c1-2-6-7(10)3-5(9)4-8(6)11;1-3-2/h3-4H,2H2,1H3;3H2,1-2H3. The lowest BCUT2D eigenvalue weighted by molar-refractivity contribution is 0.526. The zero-order valence-electron chi connectivity index (χ0n) is 8.70. The van der Waals surface area contributed by atoms with Gasteiger partial charge in [0.05, 0.1) is 0 Å². The summed E-state index contributed by atoms with van der Waals surface area (Å²) < 4.78 is 37.5. The summed E-state index contributed by atoms with van der Waals surface area (Å²) in [6.45, 7) is 5.86. The Hall–Kier alpha value is -0.990. The van der Waals surface area contributed by atoms with Gasteiger partial charge in [0.25, 0.3) is 0 Å². The van der Waals surface area contributed by atoms with Crippen molar-refractivity contribution in [2.24, 2.45) is 0 Å². The first-order chi connectivity index (χ1) is 6.56. The molecule has 0 unspecified atom stereocenters. The van der Waals surface area contributed by atoms with Crippen LogP contribution in [0.1, 0.15) is 32.8 Å². The third-order valence-corrected chi connectivity index (χ3v) is 1.46. The molecule has 0 radical (unpaired) electrons. The lowest BCUT2D eigenvalue weighted by Gasteiger charge is -2.00. The highest BCUT2D eigenvalue weighted by molar-refractivity contribution is 5.20. The normalized spacial score (nSPS) is 9.29. The van der Waals surface area contributed by atoms with Gasteiger partial charge in [-0.1, -0.05) is 27.2 Å². The second-order valence-electron chi connectivity index (χ2n) is 2.91. The fourth-order valence-corrected chi connectivity index (χ4v) is 0.910. The maximum Gasteiger partial charge on any atom is 0.132 e. The minimum Gasteiger partial charge on any atom is -0.207 e. The molecule has 0 bridgehead atoms. The van der Waals surface area contributed by atoms with Crippen LogP contribution in [0.4, 0.5) is 13.2 Å². The van der Waals surface area contributed by atoms with E-state index in [2.05, 4.69) is 13.8 Å². The first-order valence-corrected chi connectivity index (χ1v) is 4.70. The molecule has 0 amide bonds. The molecule has 3 heteroatoms. The Bertz CT molecular complexity index is 259.